The molecule has 172 valence electrons. The van der Waals surface area contributed by atoms with Gasteiger partial charge >= 0.3 is 0 Å². The van der Waals surface area contributed by atoms with E-state index in [-0.39, 0.29) is 11.8 Å². The highest BCUT2D eigenvalue weighted by Gasteiger charge is 2.44. The minimum atomic E-state index is -0.534. The van der Waals surface area contributed by atoms with E-state index < -0.39 is 12.0 Å². The number of methoxy groups -OCH3 is 1. The zero-order valence-corrected chi connectivity index (χ0v) is 19.6. The van der Waals surface area contributed by atoms with Gasteiger partial charge in [-0.3, -0.25) is 9.59 Å². The Bertz CT molecular complexity index is 1100. The lowest BCUT2D eigenvalue weighted by atomic mass is 9.81. The molecule has 0 bridgehead atoms. The molecule has 0 radical (unpaired) electrons. The number of rotatable bonds is 9. The van der Waals surface area contributed by atoms with Crippen molar-refractivity contribution in [2.75, 3.05) is 26.9 Å². The van der Waals surface area contributed by atoms with Crippen molar-refractivity contribution in [1.29, 1.82) is 0 Å². The molecule has 2 heterocycles. The number of hydrogen-bond acceptors (Lipinski definition) is 5. The molecule has 7 heteroatoms. The second-order valence-electron chi connectivity index (χ2n) is 7.78. The number of benzene rings is 2. The molecule has 2 amide bonds. The van der Waals surface area contributed by atoms with E-state index in [1.807, 2.05) is 66.9 Å². The van der Waals surface area contributed by atoms with Crippen LogP contribution in [0.4, 0.5) is 0 Å². The summed E-state index contributed by atoms with van der Waals surface area (Å²) in [5.41, 5.74) is 2.23. The molecule has 2 aromatic carbocycles. The number of thiophene rings is 1. The molecule has 1 N–H and O–H groups in total. The number of fused-ring (bicyclic) bond motifs is 1. The van der Waals surface area contributed by atoms with Crippen molar-refractivity contribution in [1.82, 2.24) is 10.2 Å². The Morgan fingerprint density at radius 1 is 1.09 bits per heavy atom. The van der Waals surface area contributed by atoms with E-state index in [1.54, 1.807) is 29.4 Å². The van der Waals surface area contributed by atoms with Gasteiger partial charge in [-0.05, 0) is 36.1 Å². The van der Waals surface area contributed by atoms with Gasteiger partial charge in [0.15, 0.2) is 0 Å². The van der Waals surface area contributed by atoms with Crippen molar-refractivity contribution in [2.24, 2.45) is 0 Å². The van der Waals surface area contributed by atoms with Gasteiger partial charge in [0, 0.05) is 36.2 Å². The molecule has 3 aromatic rings. The van der Waals surface area contributed by atoms with Gasteiger partial charge in [0.2, 0.25) is 5.91 Å². The van der Waals surface area contributed by atoms with Crippen LogP contribution in [0.2, 0.25) is 0 Å². The molecule has 33 heavy (non-hydrogen) atoms. The molecular weight excluding hydrogens is 436 g/mol. The van der Waals surface area contributed by atoms with Crippen LogP contribution < -0.4 is 10.1 Å². The van der Waals surface area contributed by atoms with Crippen LogP contribution in [0.15, 0.2) is 66.0 Å². The van der Waals surface area contributed by atoms with Crippen molar-refractivity contribution < 1.29 is 19.1 Å². The summed E-state index contributed by atoms with van der Waals surface area (Å²) in [7, 11) is 1.61. The van der Waals surface area contributed by atoms with Crippen LogP contribution in [0.5, 0.6) is 5.75 Å². The van der Waals surface area contributed by atoms with Gasteiger partial charge in [0.05, 0.1) is 25.2 Å². The topological polar surface area (TPSA) is 67.9 Å². The Morgan fingerprint density at radius 3 is 2.64 bits per heavy atom. The third-order valence-electron chi connectivity index (χ3n) is 5.82. The molecular formula is C26H28N2O4S. The van der Waals surface area contributed by atoms with E-state index >= 15 is 0 Å². The van der Waals surface area contributed by atoms with E-state index in [0.717, 1.165) is 21.8 Å². The van der Waals surface area contributed by atoms with Crippen molar-refractivity contribution >= 4 is 23.2 Å². The maximum Gasteiger partial charge on any atom is 0.254 e. The van der Waals surface area contributed by atoms with Gasteiger partial charge in [0.1, 0.15) is 5.75 Å². The lowest BCUT2D eigenvalue weighted by molar-refractivity contribution is -0.124. The van der Waals surface area contributed by atoms with E-state index in [0.29, 0.717) is 31.9 Å². The Morgan fingerprint density at radius 2 is 1.88 bits per heavy atom. The Balaban J connectivity index is 1.69. The summed E-state index contributed by atoms with van der Waals surface area (Å²) in [6, 6.07) is 18.6. The van der Waals surface area contributed by atoms with Crippen LogP contribution in [0.3, 0.4) is 0 Å². The first-order valence-electron chi connectivity index (χ1n) is 11.1. The highest BCUT2D eigenvalue weighted by Crippen LogP contribution is 2.44. The highest BCUT2D eigenvalue weighted by atomic mass is 32.1. The maximum atomic E-state index is 13.7. The lowest BCUT2D eigenvalue weighted by Gasteiger charge is -2.41. The lowest BCUT2D eigenvalue weighted by Crippen LogP contribution is -2.48. The number of carbonyl (C=O) groups excluding carboxylic acids is 2. The second kappa shape index (κ2) is 10.6. The van der Waals surface area contributed by atoms with Crippen LogP contribution in [-0.4, -0.2) is 43.6 Å². The summed E-state index contributed by atoms with van der Waals surface area (Å²) in [4.78, 5) is 29.9. The largest absolute Gasteiger partial charge is 0.494 e. The summed E-state index contributed by atoms with van der Waals surface area (Å²) < 4.78 is 11.0. The van der Waals surface area contributed by atoms with E-state index in [9.17, 15) is 9.59 Å². The van der Waals surface area contributed by atoms with Crippen molar-refractivity contribution in [3.05, 3.63) is 87.6 Å². The number of hydrogen-bond donors (Lipinski definition) is 1. The van der Waals surface area contributed by atoms with Gasteiger partial charge in [-0.15, -0.1) is 11.3 Å². The predicted octanol–water partition coefficient (Wildman–Crippen LogP) is 4.39. The molecule has 0 aliphatic carbocycles. The van der Waals surface area contributed by atoms with Crippen LogP contribution in [0.25, 0.3) is 0 Å². The van der Waals surface area contributed by atoms with Crippen molar-refractivity contribution in [3.63, 3.8) is 0 Å². The molecule has 6 nitrogen and oxygen atoms in total. The van der Waals surface area contributed by atoms with Gasteiger partial charge in [0.25, 0.3) is 5.91 Å². The zero-order valence-electron chi connectivity index (χ0n) is 18.8. The summed E-state index contributed by atoms with van der Waals surface area (Å²) >= 11 is 1.55. The third kappa shape index (κ3) is 4.79. The van der Waals surface area contributed by atoms with Crippen molar-refractivity contribution in [3.8, 4) is 5.75 Å². The molecule has 1 aliphatic heterocycles. The fourth-order valence-corrected chi connectivity index (χ4v) is 5.20. The Labute approximate surface area is 198 Å². The number of carbonyl (C=O) groups is 2. The summed E-state index contributed by atoms with van der Waals surface area (Å²) in [6.45, 7) is 3.63. The zero-order chi connectivity index (χ0) is 23.2. The van der Waals surface area contributed by atoms with Crippen LogP contribution in [-0.2, 0) is 16.1 Å². The van der Waals surface area contributed by atoms with Crippen LogP contribution in [0.1, 0.15) is 45.2 Å². The predicted molar refractivity (Wildman–Crippen MR) is 129 cm³/mol. The first kappa shape index (κ1) is 23.0. The minimum Gasteiger partial charge on any atom is -0.494 e. The molecule has 1 aromatic heterocycles. The fraction of sp³-hybridized carbons (Fsp3) is 0.308. The SMILES string of the molecule is CCOc1ccccc1CNC(=O)[C@H]1c2ccccc2C(=O)N(CCOC)[C@H]1c1cccs1. The number of amides is 2. The average molecular weight is 465 g/mol. The fourth-order valence-electron chi connectivity index (χ4n) is 4.32. The van der Waals surface area contributed by atoms with E-state index in [1.165, 1.54) is 0 Å². The van der Waals surface area contributed by atoms with E-state index in [4.69, 9.17) is 9.47 Å². The van der Waals surface area contributed by atoms with E-state index in [2.05, 4.69) is 5.32 Å². The van der Waals surface area contributed by atoms with Gasteiger partial charge < -0.3 is 19.7 Å². The Hall–Kier alpha value is -3.16. The molecule has 2 atom stereocenters. The smallest absolute Gasteiger partial charge is 0.254 e. The summed E-state index contributed by atoms with van der Waals surface area (Å²) in [5, 5.41) is 5.08. The first-order valence-corrected chi connectivity index (χ1v) is 11.9. The number of nitrogens with zero attached hydrogens (tertiary/aromatic N) is 1. The summed E-state index contributed by atoms with van der Waals surface area (Å²) in [5.74, 6) is 0.0265. The second-order valence-corrected chi connectivity index (χ2v) is 8.75. The Kier molecular flexibility index (Phi) is 7.42. The third-order valence-corrected chi connectivity index (χ3v) is 6.76. The molecule has 0 fully saturated rings. The molecule has 0 saturated heterocycles. The summed E-state index contributed by atoms with van der Waals surface area (Å²) in [6.07, 6.45) is 0. The van der Waals surface area contributed by atoms with Crippen LogP contribution >= 0.6 is 11.3 Å². The molecule has 1 aliphatic rings. The monoisotopic (exact) mass is 464 g/mol. The van der Waals surface area contributed by atoms with Gasteiger partial charge in [-0.2, -0.15) is 0 Å². The normalized spacial score (nSPS) is 17.5. The van der Waals surface area contributed by atoms with Gasteiger partial charge in [-0.1, -0.05) is 42.5 Å². The first-order chi connectivity index (χ1) is 16.2. The molecule has 0 spiro atoms. The van der Waals surface area contributed by atoms with Crippen LogP contribution in [0, 0.1) is 0 Å². The number of ether oxygens (including phenoxy) is 2. The van der Waals surface area contributed by atoms with Gasteiger partial charge in [-0.25, -0.2) is 0 Å². The minimum absolute atomic E-state index is 0.0770. The molecule has 0 unspecified atom stereocenters. The van der Waals surface area contributed by atoms with Crippen molar-refractivity contribution in [2.45, 2.75) is 25.4 Å². The maximum absolute atomic E-state index is 13.7. The highest BCUT2D eigenvalue weighted by molar-refractivity contribution is 7.10. The quantitative estimate of drug-likeness (QED) is 0.510. The number of para-hydroxylation sites is 1. The number of nitrogens with one attached hydrogen (secondary N) is 1. The average Bonchev–Trinajstić information content (AvgIpc) is 3.37. The molecule has 4 rings (SSSR count). The molecule has 0 saturated carbocycles. The standard InChI is InChI=1S/C26H28N2O4S/c1-3-32-21-12-7-4-9-18(21)17-27-25(29)23-19-10-5-6-11-20(19)26(30)28(14-15-31-2)24(23)22-13-8-16-33-22/h4-13,16,23-24H,3,14-15,17H2,1-2H3,(H,27,29)/t23-,24-/m0/s1.